The highest BCUT2D eigenvalue weighted by Gasteiger charge is 2.31. The molecule has 1 aromatic heterocycles. The lowest BCUT2D eigenvalue weighted by molar-refractivity contribution is -0.141. The van der Waals surface area contributed by atoms with Crippen molar-refractivity contribution >= 4 is 22.8 Å². The molecule has 0 fully saturated rings. The van der Waals surface area contributed by atoms with Gasteiger partial charge in [0.2, 0.25) is 11.8 Å². The van der Waals surface area contributed by atoms with Crippen molar-refractivity contribution in [2.45, 2.75) is 53.1 Å². The monoisotopic (exact) mass is 511 g/mol. The van der Waals surface area contributed by atoms with E-state index >= 15 is 0 Å². The predicted molar refractivity (Wildman–Crippen MR) is 151 cm³/mol. The van der Waals surface area contributed by atoms with Gasteiger partial charge in [0.15, 0.2) is 0 Å². The lowest BCUT2D eigenvalue weighted by atomic mass is 10.0. The van der Waals surface area contributed by atoms with E-state index < -0.39 is 6.04 Å². The summed E-state index contributed by atoms with van der Waals surface area (Å²) in [4.78, 5) is 29.4. The highest BCUT2D eigenvalue weighted by Crippen LogP contribution is 2.24. The molecular weight excluding hydrogens is 474 g/mol. The number of nitrogens with zero attached hydrogens (tertiary/aromatic N) is 4. The van der Waals surface area contributed by atoms with E-state index in [9.17, 15) is 9.59 Å². The molecular formula is C31H37N5O2. The maximum Gasteiger partial charge on any atom is 0.247 e. The molecule has 0 unspecified atom stereocenters. The van der Waals surface area contributed by atoms with Crippen LogP contribution in [-0.2, 0) is 22.6 Å². The fraction of sp³-hybridized carbons (Fsp3) is 0.355. The zero-order chi connectivity index (χ0) is 27.1. The lowest BCUT2D eigenvalue weighted by Crippen LogP contribution is -2.46. The van der Waals surface area contributed by atoms with Crippen molar-refractivity contribution in [2.24, 2.45) is 5.92 Å². The molecule has 7 heteroatoms. The first-order valence-corrected chi connectivity index (χ1v) is 13.3. The summed E-state index contributed by atoms with van der Waals surface area (Å²) in [6.45, 7) is 9.28. The second-order valence-corrected chi connectivity index (χ2v) is 10.3. The van der Waals surface area contributed by atoms with Crippen LogP contribution < -0.4 is 5.32 Å². The molecule has 0 radical (unpaired) electrons. The zero-order valence-corrected chi connectivity index (χ0v) is 22.7. The van der Waals surface area contributed by atoms with E-state index in [2.05, 4.69) is 54.6 Å². The van der Waals surface area contributed by atoms with Gasteiger partial charge in [-0.05, 0) is 55.9 Å². The molecule has 3 aromatic carbocycles. The molecule has 2 amide bonds. The smallest absolute Gasteiger partial charge is 0.247 e. The minimum absolute atomic E-state index is 0.00400. The van der Waals surface area contributed by atoms with E-state index in [1.54, 1.807) is 9.58 Å². The van der Waals surface area contributed by atoms with Crippen LogP contribution in [0.4, 0.5) is 0 Å². The maximum atomic E-state index is 14.0. The Balaban J connectivity index is 1.67. The van der Waals surface area contributed by atoms with E-state index in [1.807, 2.05) is 61.5 Å². The highest BCUT2D eigenvalue weighted by molar-refractivity contribution is 5.89. The normalized spacial score (nSPS) is 12.0. The number of aromatic nitrogens is 3. The van der Waals surface area contributed by atoms with Crippen LogP contribution in [0.3, 0.4) is 0 Å². The Morgan fingerprint density at radius 1 is 0.947 bits per heavy atom. The average Bonchev–Trinajstić information content (AvgIpc) is 3.29. The SMILES string of the molecule is Cc1ccc([C@@H](C(=O)NCCC(C)C)N(CCc2cccc(C)c2)C(=O)Cn2nnc3ccccc32)cc1. The Bertz CT molecular complexity index is 1380. The predicted octanol–water partition coefficient (Wildman–Crippen LogP) is 5.02. The molecule has 4 rings (SSSR count). The second kappa shape index (κ2) is 12.5. The van der Waals surface area contributed by atoms with Gasteiger partial charge in [-0.25, -0.2) is 4.68 Å². The van der Waals surface area contributed by atoms with Gasteiger partial charge in [0.25, 0.3) is 0 Å². The Morgan fingerprint density at radius 3 is 2.45 bits per heavy atom. The molecule has 0 aliphatic rings. The fourth-order valence-corrected chi connectivity index (χ4v) is 4.57. The second-order valence-electron chi connectivity index (χ2n) is 10.3. The van der Waals surface area contributed by atoms with E-state index in [4.69, 9.17) is 0 Å². The Morgan fingerprint density at radius 2 is 1.71 bits per heavy atom. The van der Waals surface area contributed by atoms with Crippen molar-refractivity contribution in [1.82, 2.24) is 25.2 Å². The number of hydrogen-bond acceptors (Lipinski definition) is 4. The summed E-state index contributed by atoms with van der Waals surface area (Å²) in [5, 5.41) is 11.5. The van der Waals surface area contributed by atoms with E-state index in [0.717, 1.165) is 39.7 Å². The molecule has 0 saturated heterocycles. The van der Waals surface area contributed by atoms with Crippen molar-refractivity contribution in [3.8, 4) is 0 Å². The number of nitrogens with one attached hydrogen (secondary N) is 1. The first-order valence-electron chi connectivity index (χ1n) is 13.3. The topological polar surface area (TPSA) is 80.1 Å². The van der Waals surface area contributed by atoms with Crippen molar-refractivity contribution < 1.29 is 9.59 Å². The van der Waals surface area contributed by atoms with Gasteiger partial charge in [-0.15, -0.1) is 5.10 Å². The Kier molecular flexibility index (Phi) is 8.89. The van der Waals surface area contributed by atoms with Crippen molar-refractivity contribution in [2.75, 3.05) is 13.1 Å². The highest BCUT2D eigenvalue weighted by atomic mass is 16.2. The first kappa shape index (κ1) is 27.0. The number of carbonyl (C=O) groups is 2. The summed E-state index contributed by atoms with van der Waals surface area (Å²) < 4.78 is 1.61. The molecule has 0 spiro atoms. The van der Waals surface area contributed by atoms with Gasteiger partial charge < -0.3 is 10.2 Å². The molecule has 4 aromatic rings. The Labute approximate surface area is 224 Å². The van der Waals surface area contributed by atoms with Gasteiger partial charge in [-0.1, -0.05) is 90.9 Å². The summed E-state index contributed by atoms with van der Waals surface area (Å²) in [6.07, 6.45) is 1.50. The van der Waals surface area contributed by atoms with Gasteiger partial charge >= 0.3 is 0 Å². The van der Waals surface area contributed by atoms with Crippen LogP contribution in [0.25, 0.3) is 11.0 Å². The largest absolute Gasteiger partial charge is 0.354 e. The van der Waals surface area contributed by atoms with E-state index in [1.165, 1.54) is 0 Å². The molecule has 0 aliphatic carbocycles. The van der Waals surface area contributed by atoms with Gasteiger partial charge in [0.05, 0.1) is 5.52 Å². The van der Waals surface area contributed by atoms with Gasteiger partial charge in [-0.3, -0.25) is 9.59 Å². The summed E-state index contributed by atoms with van der Waals surface area (Å²) in [5.41, 5.74) is 5.69. The third-order valence-electron chi connectivity index (χ3n) is 6.72. The number of carbonyl (C=O) groups excluding carboxylic acids is 2. The zero-order valence-electron chi connectivity index (χ0n) is 22.7. The van der Waals surface area contributed by atoms with Crippen molar-refractivity contribution in [3.05, 3.63) is 95.1 Å². The molecule has 1 atom stereocenters. The minimum Gasteiger partial charge on any atom is -0.354 e. The molecule has 0 bridgehead atoms. The van der Waals surface area contributed by atoms with Gasteiger partial charge in [0, 0.05) is 13.1 Å². The van der Waals surface area contributed by atoms with Crippen LogP contribution in [0.2, 0.25) is 0 Å². The van der Waals surface area contributed by atoms with E-state index in [0.29, 0.717) is 25.4 Å². The molecule has 0 saturated carbocycles. The number of amides is 2. The number of benzene rings is 3. The third kappa shape index (κ3) is 6.85. The van der Waals surface area contributed by atoms with E-state index in [-0.39, 0.29) is 18.4 Å². The molecule has 1 N–H and O–H groups in total. The summed E-state index contributed by atoms with van der Waals surface area (Å²) in [7, 11) is 0. The summed E-state index contributed by atoms with van der Waals surface area (Å²) >= 11 is 0. The quantitative estimate of drug-likeness (QED) is 0.307. The van der Waals surface area contributed by atoms with Gasteiger partial charge in [0.1, 0.15) is 18.1 Å². The summed E-state index contributed by atoms with van der Waals surface area (Å²) in [6, 6.07) is 22.9. The first-order chi connectivity index (χ1) is 18.3. The molecule has 198 valence electrons. The van der Waals surface area contributed by atoms with Crippen LogP contribution in [-0.4, -0.2) is 44.8 Å². The van der Waals surface area contributed by atoms with Crippen LogP contribution in [0, 0.1) is 19.8 Å². The third-order valence-corrected chi connectivity index (χ3v) is 6.72. The van der Waals surface area contributed by atoms with Crippen LogP contribution in [0.15, 0.2) is 72.8 Å². The number of rotatable bonds is 11. The number of fused-ring (bicyclic) bond motifs is 1. The fourth-order valence-electron chi connectivity index (χ4n) is 4.57. The average molecular weight is 512 g/mol. The maximum absolute atomic E-state index is 14.0. The molecule has 7 nitrogen and oxygen atoms in total. The standard InChI is InChI=1S/C31H37N5O2/c1-22(2)16-18-32-31(38)30(26-14-12-23(3)13-15-26)35(19-17-25-9-7-8-24(4)20-25)29(37)21-36-28-11-6-5-10-27(28)33-34-36/h5-15,20,22,30H,16-19,21H2,1-4H3,(H,32,38)/t30-/m0/s1. The number of hydrogen-bond donors (Lipinski definition) is 1. The van der Waals surface area contributed by atoms with Crippen LogP contribution in [0.1, 0.15) is 48.6 Å². The van der Waals surface area contributed by atoms with Crippen LogP contribution >= 0.6 is 0 Å². The van der Waals surface area contributed by atoms with Crippen LogP contribution in [0.5, 0.6) is 0 Å². The van der Waals surface area contributed by atoms with Crippen molar-refractivity contribution in [1.29, 1.82) is 0 Å². The minimum atomic E-state index is -0.755. The van der Waals surface area contributed by atoms with Crippen molar-refractivity contribution in [3.63, 3.8) is 0 Å². The molecule has 1 heterocycles. The lowest BCUT2D eigenvalue weighted by Gasteiger charge is -2.32. The van der Waals surface area contributed by atoms with Gasteiger partial charge in [-0.2, -0.15) is 0 Å². The molecule has 38 heavy (non-hydrogen) atoms. The Hall–Kier alpha value is -4.00. The summed E-state index contributed by atoms with van der Waals surface area (Å²) in [5.74, 6) is 0.112. The number of para-hydroxylation sites is 1. The number of aryl methyl sites for hydroxylation is 2. The molecule has 0 aliphatic heterocycles.